The lowest BCUT2D eigenvalue weighted by molar-refractivity contribution is -0.131. The molecule has 0 bridgehead atoms. The van der Waals surface area contributed by atoms with E-state index < -0.39 is 0 Å². The molecule has 0 atom stereocenters. The molecule has 0 saturated carbocycles. The number of carbonyl (C=O) groups is 1. The Morgan fingerprint density at radius 3 is 2.38 bits per heavy atom. The molecule has 1 aromatic carbocycles. The summed E-state index contributed by atoms with van der Waals surface area (Å²) >= 11 is 0. The fraction of sp³-hybridized carbons (Fsp3) is 0.333. The summed E-state index contributed by atoms with van der Waals surface area (Å²) in [6.07, 6.45) is 4.51. The Morgan fingerprint density at radius 2 is 1.73 bits per heavy atom. The first-order valence-electron chi connectivity index (χ1n) is 9.00. The van der Waals surface area contributed by atoms with Crippen LogP contribution in [0.1, 0.15) is 37.6 Å². The highest BCUT2D eigenvalue weighted by Gasteiger charge is 2.33. The quantitative estimate of drug-likeness (QED) is 0.727. The van der Waals surface area contributed by atoms with Gasteiger partial charge in [-0.3, -0.25) is 4.79 Å². The predicted octanol–water partition coefficient (Wildman–Crippen LogP) is 3.51. The number of nitrogens with zero attached hydrogens (tertiary/aromatic N) is 4. The van der Waals surface area contributed by atoms with Crippen LogP contribution in [0.5, 0.6) is 0 Å². The van der Waals surface area contributed by atoms with E-state index >= 15 is 0 Å². The van der Waals surface area contributed by atoms with Gasteiger partial charge in [0.15, 0.2) is 0 Å². The SMILES string of the molecule is CC(C)(C)n1nc2c(c1-n1cccc1)CN(C(=O)Cc1ccccc1)C2. The summed E-state index contributed by atoms with van der Waals surface area (Å²) in [5.41, 5.74) is 3.08. The van der Waals surface area contributed by atoms with Gasteiger partial charge in [-0.05, 0) is 38.5 Å². The zero-order chi connectivity index (χ0) is 18.3. The van der Waals surface area contributed by atoms with Crippen molar-refractivity contribution in [2.75, 3.05) is 0 Å². The number of benzene rings is 1. The normalized spacial score (nSPS) is 13.9. The molecule has 5 nitrogen and oxygen atoms in total. The molecular formula is C21H24N4O. The molecule has 26 heavy (non-hydrogen) atoms. The molecule has 1 aliphatic heterocycles. The van der Waals surface area contributed by atoms with Crippen LogP contribution in [0.2, 0.25) is 0 Å². The molecule has 0 radical (unpaired) electrons. The second-order valence-electron chi connectivity index (χ2n) is 7.83. The van der Waals surface area contributed by atoms with Gasteiger partial charge in [0.25, 0.3) is 0 Å². The number of carbonyl (C=O) groups excluding carboxylic acids is 1. The third-order valence-corrected chi connectivity index (χ3v) is 4.76. The highest BCUT2D eigenvalue weighted by Crippen LogP contribution is 2.32. The van der Waals surface area contributed by atoms with Crippen molar-refractivity contribution in [2.24, 2.45) is 0 Å². The van der Waals surface area contributed by atoms with Crippen LogP contribution in [0.3, 0.4) is 0 Å². The highest BCUT2D eigenvalue weighted by molar-refractivity contribution is 5.79. The Kier molecular flexibility index (Phi) is 3.94. The van der Waals surface area contributed by atoms with Crippen LogP contribution in [0.25, 0.3) is 5.82 Å². The zero-order valence-electron chi connectivity index (χ0n) is 15.5. The van der Waals surface area contributed by atoms with Crippen LogP contribution < -0.4 is 0 Å². The predicted molar refractivity (Wildman–Crippen MR) is 101 cm³/mol. The minimum absolute atomic E-state index is 0.122. The second-order valence-corrected chi connectivity index (χ2v) is 7.83. The minimum Gasteiger partial charge on any atom is -0.332 e. The molecule has 3 heterocycles. The summed E-state index contributed by atoms with van der Waals surface area (Å²) in [5.74, 6) is 1.21. The smallest absolute Gasteiger partial charge is 0.227 e. The van der Waals surface area contributed by atoms with Crippen molar-refractivity contribution in [3.05, 3.63) is 71.7 Å². The molecule has 3 aromatic rings. The van der Waals surface area contributed by atoms with Crippen molar-refractivity contribution in [2.45, 2.75) is 45.8 Å². The summed E-state index contributed by atoms with van der Waals surface area (Å²) in [6, 6.07) is 13.9. The van der Waals surface area contributed by atoms with Gasteiger partial charge in [0.2, 0.25) is 5.91 Å². The summed E-state index contributed by atoms with van der Waals surface area (Å²) in [5, 5.41) is 4.86. The van der Waals surface area contributed by atoms with Crippen LogP contribution in [0, 0.1) is 0 Å². The average Bonchev–Trinajstić information content (AvgIpc) is 3.30. The van der Waals surface area contributed by atoms with E-state index in [0.717, 1.165) is 22.6 Å². The number of hydrogen-bond donors (Lipinski definition) is 0. The van der Waals surface area contributed by atoms with Gasteiger partial charge in [0, 0.05) is 18.0 Å². The van der Waals surface area contributed by atoms with E-state index in [2.05, 4.69) is 30.0 Å². The van der Waals surface area contributed by atoms with E-state index in [4.69, 9.17) is 5.10 Å². The average molecular weight is 348 g/mol. The Labute approximate surface area is 153 Å². The van der Waals surface area contributed by atoms with Crippen molar-refractivity contribution >= 4 is 5.91 Å². The summed E-state index contributed by atoms with van der Waals surface area (Å²) in [4.78, 5) is 14.7. The molecule has 0 N–H and O–H groups in total. The molecule has 134 valence electrons. The Bertz CT molecular complexity index is 917. The molecule has 4 rings (SSSR count). The third-order valence-electron chi connectivity index (χ3n) is 4.76. The van der Waals surface area contributed by atoms with Gasteiger partial charge < -0.3 is 9.47 Å². The van der Waals surface area contributed by atoms with Crippen LogP contribution in [-0.2, 0) is 29.8 Å². The highest BCUT2D eigenvalue weighted by atomic mass is 16.2. The molecular weight excluding hydrogens is 324 g/mol. The number of hydrogen-bond acceptors (Lipinski definition) is 2. The first-order valence-corrected chi connectivity index (χ1v) is 9.00. The van der Waals surface area contributed by atoms with E-state index in [0.29, 0.717) is 19.5 Å². The monoisotopic (exact) mass is 348 g/mol. The molecule has 0 fully saturated rings. The largest absolute Gasteiger partial charge is 0.332 e. The summed E-state index contributed by atoms with van der Waals surface area (Å²) in [6.45, 7) is 7.66. The maximum atomic E-state index is 12.7. The maximum absolute atomic E-state index is 12.7. The van der Waals surface area contributed by atoms with Crippen molar-refractivity contribution in [1.29, 1.82) is 0 Å². The van der Waals surface area contributed by atoms with E-state index in [9.17, 15) is 4.79 Å². The van der Waals surface area contributed by atoms with Crippen LogP contribution >= 0.6 is 0 Å². The number of aromatic nitrogens is 3. The fourth-order valence-corrected chi connectivity index (χ4v) is 3.47. The van der Waals surface area contributed by atoms with Gasteiger partial charge in [0.05, 0.1) is 30.7 Å². The minimum atomic E-state index is -0.122. The zero-order valence-corrected chi connectivity index (χ0v) is 15.5. The molecule has 0 saturated heterocycles. The van der Waals surface area contributed by atoms with Crippen molar-refractivity contribution < 1.29 is 4.79 Å². The van der Waals surface area contributed by atoms with Crippen molar-refractivity contribution in [3.8, 4) is 5.82 Å². The molecule has 0 aliphatic carbocycles. The lowest BCUT2D eigenvalue weighted by Crippen LogP contribution is -2.30. The standard InChI is InChI=1S/C21H24N4O/c1-21(2,3)25-20(23-11-7-8-12-23)17-14-24(15-18(17)22-25)19(26)13-16-9-5-4-6-10-16/h4-12H,13-15H2,1-3H3. The first kappa shape index (κ1) is 16.6. The van der Waals surface area contributed by atoms with Crippen molar-refractivity contribution in [1.82, 2.24) is 19.2 Å². The molecule has 0 unspecified atom stereocenters. The lowest BCUT2D eigenvalue weighted by Gasteiger charge is -2.24. The van der Waals surface area contributed by atoms with Crippen molar-refractivity contribution in [3.63, 3.8) is 0 Å². The summed E-state index contributed by atoms with van der Waals surface area (Å²) < 4.78 is 4.18. The van der Waals surface area contributed by atoms with Gasteiger partial charge in [0.1, 0.15) is 5.82 Å². The van der Waals surface area contributed by atoms with Crippen LogP contribution in [0.15, 0.2) is 54.9 Å². The Balaban J connectivity index is 1.63. The van der Waals surface area contributed by atoms with Crippen LogP contribution in [0.4, 0.5) is 0 Å². The van der Waals surface area contributed by atoms with Gasteiger partial charge in [-0.1, -0.05) is 30.3 Å². The summed E-state index contributed by atoms with van der Waals surface area (Å²) in [7, 11) is 0. The molecule has 1 amide bonds. The Morgan fingerprint density at radius 1 is 1.04 bits per heavy atom. The number of fused-ring (bicyclic) bond motifs is 1. The van der Waals surface area contributed by atoms with Gasteiger partial charge in [-0.25, -0.2) is 4.68 Å². The third kappa shape index (κ3) is 2.94. The van der Waals surface area contributed by atoms with Gasteiger partial charge in [-0.2, -0.15) is 5.10 Å². The number of amides is 1. The lowest BCUT2D eigenvalue weighted by atomic mass is 10.1. The molecule has 0 spiro atoms. The van der Waals surface area contributed by atoms with Crippen LogP contribution in [-0.4, -0.2) is 25.2 Å². The van der Waals surface area contributed by atoms with E-state index in [1.807, 2.05) is 59.8 Å². The van der Waals surface area contributed by atoms with E-state index in [-0.39, 0.29) is 11.4 Å². The Hall–Kier alpha value is -2.82. The molecule has 2 aromatic heterocycles. The second kappa shape index (κ2) is 6.16. The maximum Gasteiger partial charge on any atom is 0.227 e. The van der Waals surface area contributed by atoms with Gasteiger partial charge >= 0.3 is 0 Å². The first-order chi connectivity index (χ1) is 12.4. The van der Waals surface area contributed by atoms with E-state index in [1.165, 1.54) is 0 Å². The topological polar surface area (TPSA) is 43.1 Å². The van der Waals surface area contributed by atoms with Gasteiger partial charge in [-0.15, -0.1) is 0 Å². The fourth-order valence-electron chi connectivity index (χ4n) is 3.47. The van der Waals surface area contributed by atoms with E-state index in [1.54, 1.807) is 0 Å². The molecule has 1 aliphatic rings. The molecule has 5 heteroatoms. The number of rotatable bonds is 3.